The second-order valence-corrected chi connectivity index (χ2v) is 12.1. The van der Waals surface area contributed by atoms with Gasteiger partial charge in [-0.15, -0.1) is 5.10 Å². The second kappa shape index (κ2) is 10.5. The van der Waals surface area contributed by atoms with Gasteiger partial charge in [-0.2, -0.15) is 0 Å². The third-order valence-electron chi connectivity index (χ3n) is 7.18. The zero-order valence-corrected chi connectivity index (χ0v) is 24.1. The van der Waals surface area contributed by atoms with Crippen LogP contribution in [0.15, 0.2) is 55.1 Å². The van der Waals surface area contributed by atoms with Crippen molar-refractivity contribution in [2.24, 2.45) is 5.92 Å². The Hall–Kier alpha value is -4.41. The van der Waals surface area contributed by atoms with Crippen LogP contribution in [0.5, 0.6) is 5.75 Å². The summed E-state index contributed by atoms with van der Waals surface area (Å²) in [7, 11) is 0. The van der Waals surface area contributed by atoms with Crippen LogP contribution in [0.25, 0.3) is 16.6 Å². The number of hydrogen-bond donors (Lipinski definition) is 1. The molecule has 0 spiro atoms. The maximum absolute atomic E-state index is 12.7. The number of pyridine rings is 1. The molecule has 11 nitrogen and oxygen atoms in total. The molecule has 41 heavy (non-hydrogen) atoms. The summed E-state index contributed by atoms with van der Waals surface area (Å²) in [6.45, 7) is 11.9. The van der Waals surface area contributed by atoms with Gasteiger partial charge in [0.05, 0.1) is 36.1 Å². The van der Waals surface area contributed by atoms with Crippen molar-refractivity contribution in [3.05, 3.63) is 55.1 Å². The van der Waals surface area contributed by atoms with Gasteiger partial charge < -0.3 is 24.6 Å². The van der Waals surface area contributed by atoms with E-state index in [9.17, 15) is 4.79 Å². The number of ether oxygens (including phenoxy) is 2. The van der Waals surface area contributed by atoms with Gasteiger partial charge >= 0.3 is 6.09 Å². The summed E-state index contributed by atoms with van der Waals surface area (Å²) in [4.78, 5) is 30.1. The summed E-state index contributed by atoms with van der Waals surface area (Å²) < 4.78 is 13.6. The van der Waals surface area contributed by atoms with Crippen LogP contribution in [0.3, 0.4) is 0 Å². The highest BCUT2D eigenvalue weighted by Gasteiger charge is 2.47. The van der Waals surface area contributed by atoms with E-state index in [2.05, 4.69) is 40.1 Å². The summed E-state index contributed by atoms with van der Waals surface area (Å²) in [5.74, 6) is 3.33. The number of nitrogens with zero attached hydrogens (tertiary/aromatic N) is 7. The maximum atomic E-state index is 12.7. The van der Waals surface area contributed by atoms with Gasteiger partial charge in [0.15, 0.2) is 5.82 Å². The van der Waals surface area contributed by atoms with Gasteiger partial charge in [0.2, 0.25) is 0 Å². The lowest BCUT2D eigenvalue weighted by Gasteiger charge is -2.35. The number of hydrogen-bond acceptors (Lipinski definition) is 9. The summed E-state index contributed by atoms with van der Waals surface area (Å²) in [5.41, 5.74) is 1.26. The van der Waals surface area contributed by atoms with E-state index in [1.54, 1.807) is 18.6 Å². The predicted octanol–water partition coefficient (Wildman–Crippen LogP) is 5.19. The van der Waals surface area contributed by atoms with Crippen molar-refractivity contribution < 1.29 is 14.3 Å². The fourth-order valence-corrected chi connectivity index (χ4v) is 5.41. The standard InChI is InChI=1S/C30H36N8O3/c1-19(2)18-40-23-6-7-24-25(14-23)38(35-28(24)34-26-15-31-10-11-32-26)20-8-9-33-27(13-20)36-16-22-12-21(36)17-37(22)29(39)41-30(3,4)5/h6-11,13-15,19,21-22H,12,16-18H2,1-5H3,(H,32,34,35)/t21-,22-/m0/s1. The molecule has 5 heterocycles. The van der Waals surface area contributed by atoms with Crippen LogP contribution >= 0.6 is 0 Å². The highest BCUT2D eigenvalue weighted by Crippen LogP contribution is 2.36. The number of rotatable bonds is 7. The molecule has 2 aliphatic rings. The number of anilines is 3. The van der Waals surface area contributed by atoms with Gasteiger partial charge in [-0.1, -0.05) is 13.8 Å². The Balaban J connectivity index is 1.30. The van der Waals surface area contributed by atoms with Crippen molar-refractivity contribution in [3.63, 3.8) is 0 Å². The van der Waals surface area contributed by atoms with Gasteiger partial charge in [0.25, 0.3) is 0 Å². The van der Waals surface area contributed by atoms with Crippen LogP contribution in [0.1, 0.15) is 41.0 Å². The van der Waals surface area contributed by atoms with Gasteiger partial charge in [0, 0.05) is 49.2 Å². The average Bonchev–Trinajstić information content (AvgIpc) is 3.65. The van der Waals surface area contributed by atoms with E-state index in [1.165, 1.54) is 0 Å². The molecule has 0 unspecified atom stereocenters. The number of carbonyl (C=O) groups is 1. The van der Waals surface area contributed by atoms with Gasteiger partial charge in [-0.3, -0.25) is 4.98 Å². The molecule has 0 aliphatic carbocycles. The molecule has 0 radical (unpaired) electrons. The molecule has 1 N–H and O–H groups in total. The molecule has 2 saturated heterocycles. The van der Waals surface area contributed by atoms with Crippen molar-refractivity contribution in [2.45, 2.75) is 58.7 Å². The maximum Gasteiger partial charge on any atom is 0.410 e. The number of benzene rings is 1. The van der Waals surface area contributed by atoms with Crippen molar-refractivity contribution in [2.75, 3.05) is 29.9 Å². The smallest absolute Gasteiger partial charge is 0.410 e. The first kappa shape index (κ1) is 26.8. The Bertz CT molecular complexity index is 1550. The number of likely N-dealkylation sites (tertiary alicyclic amines) is 1. The second-order valence-electron chi connectivity index (χ2n) is 12.1. The number of carbonyl (C=O) groups excluding carboxylic acids is 1. The normalized spacial score (nSPS) is 18.4. The molecule has 1 amide bonds. The molecular formula is C30H36N8O3. The third kappa shape index (κ3) is 5.61. The molecule has 0 saturated carbocycles. The van der Waals surface area contributed by atoms with E-state index < -0.39 is 5.60 Å². The molecule has 2 bridgehead atoms. The van der Waals surface area contributed by atoms with Gasteiger partial charge in [-0.25, -0.2) is 19.4 Å². The first-order valence-electron chi connectivity index (χ1n) is 14.1. The quantitative estimate of drug-likeness (QED) is 0.329. The molecule has 2 aliphatic heterocycles. The van der Waals surface area contributed by atoms with Gasteiger partial charge in [-0.05, 0) is 51.3 Å². The predicted molar refractivity (Wildman–Crippen MR) is 157 cm³/mol. The van der Waals surface area contributed by atoms with Crippen molar-refractivity contribution in [1.29, 1.82) is 0 Å². The number of piperazine rings is 1. The molecule has 3 aromatic heterocycles. The van der Waals surface area contributed by atoms with E-state index in [0.717, 1.165) is 34.6 Å². The monoisotopic (exact) mass is 556 g/mol. The van der Waals surface area contributed by atoms with Crippen LogP contribution in [-0.4, -0.2) is 73.1 Å². The number of fused-ring (bicyclic) bond motifs is 3. The third-order valence-corrected chi connectivity index (χ3v) is 7.18. The molecule has 214 valence electrons. The Labute approximate surface area is 239 Å². The zero-order valence-electron chi connectivity index (χ0n) is 24.1. The highest BCUT2D eigenvalue weighted by atomic mass is 16.6. The Morgan fingerprint density at radius 2 is 1.93 bits per heavy atom. The Kier molecular flexibility index (Phi) is 6.88. The summed E-state index contributed by atoms with van der Waals surface area (Å²) in [6, 6.07) is 10.3. The number of nitrogens with one attached hydrogen (secondary N) is 1. The van der Waals surface area contributed by atoms with Crippen LogP contribution in [0.4, 0.5) is 22.2 Å². The highest BCUT2D eigenvalue weighted by molar-refractivity contribution is 5.93. The molecule has 6 rings (SSSR count). The van der Waals surface area contributed by atoms with Crippen LogP contribution < -0.4 is 15.0 Å². The number of aromatic nitrogens is 5. The largest absolute Gasteiger partial charge is 0.493 e. The molecule has 1 aromatic carbocycles. The zero-order chi connectivity index (χ0) is 28.7. The Morgan fingerprint density at radius 1 is 1.07 bits per heavy atom. The first-order chi connectivity index (χ1) is 19.6. The minimum Gasteiger partial charge on any atom is -0.493 e. The molecule has 4 aromatic rings. The van der Waals surface area contributed by atoms with Crippen LogP contribution in [-0.2, 0) is 4.74 Å². The lowest BCUT2D eigenvalue weighted by atomic mass is 10.2. The van der Waals surface area contributed by atoms with Crippen molar-refractivity contribution in [1.82, 2.24) is 29.6 Å². The van der Waals surface area contributed by atoms with Crippen LogP contribution in [0, 0.1) is 5.92 Å². The fraction of sp³-hybridized carbons (Fsp3) is 0.433. The minimum absolute atomic E-state index is 0.106. The van der Waals surface area contributed by atoms with Crippen molar-refractivity contribution >= 4 is 34.4 Å². The van der Waals surface area contributed by atoms with Gasteiger partial charge in [0.1, 0.15) is 23.0 Å². The summed E-state index contributed by atoms with van der Waals surface area (Å²) in [6.07, 6.45) is 7.41. The molecule has 2 fully saturated rings. The van der Waals surface area contributed by atoms with E-state index in [4.69, 9.17) is 19.6 Å². The summed E-state index contributed by atoms with van der Waals surface area (Å²) >= 11 is 0. The number of amides is 1. The topological polar surface area (TPSA) is 111 Å². The Morgan fingerprint density at radius 3 is 2.63 bits per heavy atom. The SMILES string of the molecule is CC(C)COc1ccc2c(Nc3cnccn3)nn(-c3ccnc(N4C[C@@H]5C[C@H]4CN5C(=O)OC(C)(C)C)c3)c2c1. The van der Waals surface area contributed by atoms with Crippen LogP contribution in [0.2, 0.25) is 0 Å². The molecule has 11 heteroatoms. The van der Waals surface area contributed by atoms with E-state index in [0.29, 0.717) is 37.3 Å². The van der Waals surface area contributed by atoms with E-state index >= 15 is 0 Å². The first-order valence-corrected chi connectivity index (χ1v) is 14.1. The average molecular weight is 557 g/mol. The van der Waals surface area contributed by atoms with Crippen molar-refractivity contribution in [3.8, 4) is 11.4 Å². The van der Waals surface area contributed by atoms with E-state index in [1.807, 2.05) is 60.8 Å². The lowest BCUT2D eigenvalue weighted by Crippen LogP contribution is -2.50. The molecule has 2 atom stereocenters. The minimum atomic E-state index is -0.512. The fourth-order valence-electron chi connectivity index (χ4n) is 5.41. The lowest BCUT2D eigenvalue weighted by molar-refractivity contribution is 0.0214. The van der Waals surface area contributed by atoms with E-state index in [-0.39, 0.29) is 18.2 Å². The summed E-state index contributed by atoms with van der Waals surface area (Å²) in [5, 5.41) is 9.18. The molecular weight excluding hydrogens is 520 g/mol.